The highest BCUT2D eigenvalue weighted by atomic mass is 16.5. The van der Waals surface area contributed by atoms with Crippen molar-refractivity contribution >= 4 is 5.97 Å². The quantitative estimate of drug-likeness (QED) is 0.698. The van der Waals surface area contributed by atoms with Crippen molar-refractivity contribution in [2.75, 3.05) is 13.7 Å². The van der Waals surface area contributed by atoms with Crippen molar-refractivity contribution in [2.24, 2.45) is 0 Å². The van der Waals surface area contributed by atoms with E-state index in [-0.39, 0.29) is 12.0 Å². The molecule has 1 saturated carbocycles. The molecule has 15 heavy (non-hydrogen) atoms. The van der Waals surface area contributed by atoms with Crippen molar-refractivity contribution in [3.05, 3.63) is 0 Å². The molecule has 1 N–H and O–H groups in total. The molecule has 0 spiro atoms. The Morgan fingerprint density at radius 2 is 2.27 bits per heavy atom. The summed E-state index contributed by atoms with van der Waals surface area (Å²) in [5, 5.41) is 3.27. The molecule has 0 aromatic heterocycles. The van der Waals surface area contributed by atoms with Crippen molar-refractivity contribution in [2.45, 2.75) is 51.3 Å². The highest BCUT2D eigenvalue weighted by Crippen LogP contribution is 2.21. The Hall–Kier alpha value is -0.610. The van der Waals surface area contributed by atoms with Gasteiger partial charge in [0.15, 0.2) is 0 Å². The van der Waals surface area contributed by atoms with E-state index in [9.17, 15) is 4.79 Å². The summed E-state index contributed by atoms with van der Waals surface area (Å²) in [5.41, 5.74) is 0. The van der Waals surface area contributed by atoms with Gasteiger partial charge in [0.25, 0.3) is 0 Å². The van der Waals surface area contributed by atoms with Crippen LogP contribution in [-0.2, 0) is 14.3 Å². The van der Waals surface area contributed by atoms with Crippen molar-refractivity contribution in [3.63, 3.8) is 0 Å². The predicted molar refractivity (Wildman–Crippen MR) is 57.7 cm³/mol. The van der Waals surface area contributed by atoms with E-state index < -0.39 is 0 Å². The summed E-state index contributed by atoms with van der Waals surface area (Å²) in [6.07, 6.45) is 3.48. The standard InChI is InChI=1S/C11H21NO3/c1-4-15-11(13)8(2)12-9-5-6-10(7-9)14-3/h8-10,12H,4-7H2,1-3H3. The van der Waals surface area contributed by atoms with E-state index in [1.54, 1.807) is 7.11 Å². The molecule has 0 heterocycles. The molecular formula is C11H21NO3. The first kappa shape index (κ1) is 12.5. The molecule has 3 atom stereocenters. The summed E-state index contributed by atoms with van der Waals surface area (Å²) >= 11 is 0. The van der Waals surface area contributed by atoms with E-state index in [4.69, 9.17) is 9.47 Å². The third kappa shape index (κ3) is 3.80. The Kier molecular flexibility index (Phi) is 5.05. The van der Waals surface area contributed by atoms with Crippen LogP contribution in [0.3, 0.4) is 0 Å². The SMILES string of the molecule is CCOC(=O)C(C)NC1CCC(OC)C1. The number of carbonyl (C=O) groups is 1. The number of hydrogen-bond acceptors (Lipinski definition) is 4. The van der Waals surface area contributed by atoms with Gasteiger partial charge >= 0.3 is 5.97 Å². The van der Waals surface area contributed by atoms with Gasteiger partial charge in [-0.15, -0.1) is 0 Å². The van der Waals surface area contributed by atoms with Crippen molar-refractivity contribution < 1.29 is 14.3 Å². The first-order chi connectivity index (χ1) is 7.17. The fourth-order valence-electron chi connectivity index (χ4n) is 1.99. The average Bonchev–Trinajstić information content (AvgIpc) is 2.66. The molecule has 3 unspecified atom stereocenters. The third-order valence-electron chi connectivity index (χ3n) is 2.84. The normalized spacial score (nSPS) is 27.7. The molecule has 1 fully saturated rings. The van der Waals surface area contributed by atoms with Gasteiger partial charge in [0.1, 0.15) is 6.04 Å². The average molecular weight is 215 g/mol. The summed E-state index contributed by atoms with van der Waals surface area (Å²) < 4.78 is 10.2. The molecule has 0 saturated heterocycles. The maximum absolute atomic E-state index is 11.4. The van der Waals surface area contributed by atoms with Gasteiger partial charge in [-0.3, -0.25) is 4.79 Å². The highest BCUT2D eigenvalue weighted by molar-refractivity contribution is 5.75. The van der Waals surface area contributed by atoms with Gasteiger partial charge in [0.05, 0.1) is 12.7 Å². The molecule has 0 bridgehead atoms. The van der Waals surface area contributed by atoms with Crippen LogP contribution in [0.4, 0.5) is 0 Å². The van der Waals surface area contributed by atoms with Gasteiger partial charge in [-0.05, 0) is 33.1 Å². The van der Waals surface area contributed by atoms with E-state index in [0.29, 0.717) is 18.8 Å². The van der Waals surface area contributed by atoms with Crippen LogP contribution >= 0.6 is 0 Å². The van der Waals surface area contributed by atoms with Gasteiger partial charge in [-0.2, -0.15) is 0 Å². The second kappa shape index (κ2) is 6.08. The third-order valence-corrected chi connectivity index (χ3v) is 2.84. The lowest BCUT2D eigenvalue weighted by Crippen LogP contribution is -2.41. The topological polar surface area (TPSA) is 47.6 Å². The van der Waals surface area contributed by atoms with Crippen molar-refractivity contribution in [3.8, 4) is 0 Å². The van der Waals surface area contributed by atoms with Crippen LogP contribution in [0.5, 0.6) is 0 Å². The van der Waals surface area contributed by atoms with E-state index in [0.717, 1.165) is 19.3 Å². The first-order valence-electron chi connectivity index (χ1n) is 5.62. The molecule has 1 aliphatic rings. The Morgan fingerprint density at radius 1 is 1.53 bits per heavy atom. The molecule has 0 aliphatic heterocycles. The van der Waals surface area contributed by atoms with Crippen LogP contribution < -0.4 is 5.32 Å². The zero-order valence-corrected chi connectivity index (χ0v) is 9.79. The molecular weight excluding hydrogens is 194 g/mol. The van der Waals surface area contributed by atoms with Crippen LogP contribution in [0, 0.1) is 0 Å². The van der Waals surface area contributed by atoms with Gasteiger partial charge in [-0.1, -0.05) is 0 Å². The molecule has 1 rings (SSSR count). The first-order valence-corrected chi connectivity index (χ1v) is 5.62. The lowest BCUT2D eigenvalue weighted by atomic mass is 10.2. The molecule has 88 valence electrons. The zero-order valence-electron chi connectivity index (χ0n) is 9.79. The smallest absolute Gasteiger partial charge is 0.322 e. The number of methoxy groups -OCH3 is 1. The molecule has 0 aromatic carbocycles. The fraction of sp³-hybridized carbons (Fsp3) is 0.909. The zero-order chi connectivity index (χ0) is 11.3. The highest BCUT2D eigenvalue weighted by Gasteiger charge is 2.27. The minimum absolute atomic E-state index is 0.168. The summed E-state index contributed by atoms with van der Waals surface area (Å²) in [6.45, 7) is 4.11. The number of esters is 1. The van der Waals surface area contributed by atoms with E-state index in [1.807, 2.05) is 13.8 Å². The summed E-state index contributed by atoms with van der Waals surface area (Å²) in [7, 11) is 1.74. The summed E-state index contributed by atoms with van der Waals surface area (Å²) in [6, 6.07) is 0.167. The Morgan fingerprint density at radius 3 is 2.80 bits per heavy atom. The minimum Gasteiger partial charge on any atom is -0.465 e. The van der Waals surface area contributed by atoms with Gasteiger partial charge in [0.2, 0.25) is 0 Å². The van der Waals surface area contributed by atoms with Crippen LogP contribution in [0.1, 0.15) is 33.1 Å². The summed E-state index contributed by atoms with van der Waals surface area (Å²) in [5.74, 6) is -0.168. The number of hydrogen-bond donors (Lipinski definition) is 1. The van der Waals surface area contributed by atoms with Gasteiger partial charge < -0.3 is 14.8 Å². The molecule has 4 nitrogen and oxygen atoms in total. The van der Waals surface area contributed by atoms with Crippen molar-refractivity contribution in [1.82, 2.24) is 5.32 Å². The Bertz CT molecular complexity index is 208. The number of ether oxygens (including phenoxy) is 2. The van der Waals surface area contributed by atoms with Crippen LogP contribution in [-0.4, -0.2) is 37.9 Å². The van der Waals surface area contributed by atoms with Crippen LogP contribution in [0.25, 0.3) is 0 Å². The van der Waals surface area contributed by atoms with Gasteiger partial charge in [0, 0.05) is 13.2 Å². The predicted octanol–water partition coefficient (Wildman–Crippen LogP) is 1.10. The van der Waals surface area contributed by atoms with E-state index in [1.165, 1.54) is 0 Å². The second-order valence-electron chi connectivity index (χ2n) is 4.01. The van der Waals surface area contributed by atoms with E-state index in [2.05, 4.69) is 5.32 Å². The minimum atomic E-state index is -0.217. The Labute approximate surface area is 91.3 Å². The molecule has 0 radical (unpaired) electrons. The van der Waals surface area contributed by atoms with Crippen LogP contribution in [0.2, 0.25) is 0 Å². The van der Waals surface area contributed by atoms with Crippen LogP contribution in [0.15, 0.2) is 0 Å². The number of rotatable bonds is 5. The molecule has 0 amide bonds. The monoisotopic (exact) mass is 215 g/mol. The number of carbonyl (C=O) groups excluding carboxylic acids is 1. The van der Waals surface area contributed by atoms with Crippen molar-refractivity contribution in [1.29, 1.82) is 0 Å². The Balaban J connectivity index is 2.26. The lowest BCUT2D eigenvalue weighted by Gasteiger charge is -2.18. The van der Waals surface area contributed by atoms with E-state index >= 15 is 0 Å². The lowest BCUT2D eigenvalue weighted by molar-refractivity contribution is -0.145. The molecule has 0 aromatic rings. The maximum atomic E-state index is 11.4. The van der Waals surface area contributed by atoms with Gasteiger partial charge in [-0.25, -0.2) is 0 Å². The summed E-state index contributed by atoms with van der Waals surface area (Å²) in [4.78, 5) is 11.4. The molecule has 1 aliphatic carbocycles. The molecule has 4 heteroatoms. The largest absolute Gasteiger partial charge is 0.465 e. The fourth-order valence-corrected chi connectivity index (χ4v) is 1.99. The second-order valence-corrected chi connectivity index (χ2v) is 4.01. The number of nitrogens with one attached hydrogen (secondary N) is 1. The maximum Gasteiger partial charge on any atom is 0.322 e.